The van der Waals surface area contributed by atoms with Crippen LogP contribution in [0.15, 0.2) is 54.9 Å². The van der Waals surface area contributed by atoms with Gasteiger partial charge in [0, 0.05) is 31.1 Å². The second-order valence-electron chi connectivity index (χ2n) is 5.60. The lowest BCUT2D eigenvalue weighted by Gasteiger charge is -2.09. The van der Waals surface area contributed by atoms with Crippen LogP contribution in [0.3, 0.4) is 0 Å². The minimum Gasteiger partial charge on any atom is -0.373 e. The second kappa shape index (κ2) is 8.15. The van der Waals surface area contributed by atoms with Crippen molar-refractivity contribution in [1.82, 2.24) is 20.3 Å². The molecule has 0 spiro atoms. The molecule has 2 N–H and O–H groups in total. The molecule has 0 saturated heterocycles. The lowest BCUT2D eigenvalue weighted by atomic mass is 10.1. The first-order chi connectivity index (χ1) is 12.7. The van der Waals surface area contributed by atoms with Crippen molar-refractivity contribution in [2.75, 3.05) is 12.4 Å². The summed E-state index contributed by atoms with van der Waals surface area (Å²) in [6, 6.07) is 11.7. The topological polar surface area (TPSA) is 79.8 Å². The van der Waals surface area contributed by atoms with Crippen LogP contribution in [0.5, 0.6) is 0 Å². The molecule has 0 aliphatic heterocycles. The van der Waals surface area contributed by atoms with E-state index in [1.165, 1.54) is 6.07 Å². The summed E-state index contributed by atoms with van der Waals surface area (Å²) in [7, 11) is 1.76. The minimum absolute atomic E-state index is 0.0217. The second-order valence-corrected chi connectivity index (χ2v) is 5.60. The maximum absolute atomic E-state index is 13.6. The average molecular weight is 351 g/mol. The normalized spacial score (nSPS) is 10.4. The van der Waals surface area contributed by atoms with Gasteiger partial charge in [-0.05, 0) is 23.8 Å². The van der Waals surface area contributed by atoms with Crippen LogP contribution >= 0.6 is 0 Å². The number of hydrogen-bond donors (Lipinski definition) is 2. The Labute approximate surface area is 150 Å². The molecule has 132 valence electrons. The third-order valence-electron chi connectivity index (χ3n) is 3.73. The SMILES string of the molecule is CNc1cc(CNC(=O)Cc2ccccc2F)nc(-c2cccnc2)n1. The van der Waals surface area contributed by atoms with Crippen molar-refractivity contribution in [3.8, 4) is 11.4 Å². The first kappa shape index (κ1) is 17.5. The number of carbonyl (C=O) groups is 1. The molecular weight excluding hydrogens is 333 g/mol. The number of hydrogen-bond acceptors (Lipinski definition) is 5. The Morgan fingerprint density at radius 2 is 2.00 bits per heavy atom. The minimum atomic E-state index is -0.388. The fourth-order valence-electron chi connectivity index (χ4n) is 2.41. The van der Waals surface area contributed by atoms with Crippen molar-refractivity contribution in [2.45, 2.75) is 13.0 Å². The number of aromatic nitrogens is 3. The Morgan fingerprint density at radius 1 is 1.15 bits per heavy atom. The number of carbonyl (C=O) groups excluding carboxylic acids is 1. The number of halogens is 1. The number of anilines is 1. The zero-order chi connectivity index (χ0) is 18.4. The fraction of sp³-hybridized carbons (Fsp3) is 0.158. The molecule has 26 heavy (non-hydrogen) atoms. The summed E-state index contributed by atoms with van der Waals surface area (Å²) in [6.45, 7) is 0.220. The molecule has 0 radical (unpaired) electrons. The van der Waals surface area contributed by atoms with Crippen LogP contribution in [-0.2, 0) is 17.8 Å². The van der Waals surface area contributed by atoms with Crippen LogP contribution in [-0.4, -0.2) is 27.9 Å². The van der Waals surface area contributed by atoms with Gasteiger partial charge < -0.3 is 10.6 Å². The quantitative estimate of drug-likeness (QED) is 0.713. The predicted molar refractivity (Wildman–Crippen MR) is 96.8 cm³/mol. The number of nitrogens with zero attached hydrogens (tertiary/aromatic N) is 3. The molecule has 3 aromatic rings. The Hall–Kier alpha value is -3.35. The van der Waals surface area contributed by atoms with Gasteiger partial charge >= 0.3 is 0 Å². The summed E-state index contributed by atoms with van der Waals surface area (Å²) in [4.78, 5) is 25.0. The van der Waals surface area contributed by atoms with Crippen LogP contribution < -0.4 is 10.6 Å². The first-order valence-electron chi connectivity index (χ1n) is 8.12. The summed E-state index contributed by atoms with van der Waals surface area (Å²) in [5.41, 5.74) is 1.79. The molecule has 1 amide bonds. The summed E-state index contributed by atoms with van der Waals surface area (Å²) < 4.78 is 13.6. The van der Waals surface area contributed by atoms with Crippen LogP contribution in [0.2, 0.25) is 0 Å². The van der Waals surface area contributed by atoms with E-state index in [2.05, 4.69) is 25.6 Å². The molecule has 0 aliphatic carbocycles. The summed E-state index contributed by atoms with van der Waals surface area (Å²) in [5, 5.41) is 5.74. The van der Waals surface area contributed by atoms with E-state index >= 15 is 0 Å². The lowest BCUT2D eigenvalue weighted by Crippen LogP contribution is -2.25. The van der Waals surface area contributed by atoms with E-state index in [-0.39, 0.29) is 24.7 Å². The molecule has 0 atom stereocenters. The van der Waals surface area contributed by atoms with Gasteiger partial charge in [0.05, 0.1) is 18.7 Å². The highest BCUT2D eigenvalue weighted by atomic mass is 19.1. The maximum Gasteiger partial charge on any atom is 0.224 e. The molecule has 0 aliphatic rings. The number of amides is 1. The van der Waals surface area contributed by atoms with Crippen LogP contribution in [0.4, 0.5) is 10.2 Å². The largest absolute Gasteiger partial charge is 0.373 e. The molecule has 1 aromatic carbocycles. The third-order valence-corrected chi connectivity index (χ3v) is 3.73. The Morgan fingerprint density at radius 3 is 2.73 bits per heavy atom. The highest BCUT2D eigenvalue weighted by Gasteiger charge is 2.10. The van der Waals surface area contributed by atoms with Crippen molar-refractivity contribution in [1.29, 1.82) is 0 Å². The van der Waals surface area contributed by atoms with Crippen LogP contribution in [0.1, 0.15) is 11.3 Å². The molecule has 0 saturated carbocycles. The highest BCUT2D eigenvalue weighted by Crippen LogP contribution is 2.16. The Kier molecular flexibility index (Phi) is 5.48. The monoisotopic (exact) mass is 351 g/mol. The van der Waals surface area contributed by atoms with Gasteiger partial charge in [0.2, 0.25) is 5.91 Å². The molecule has 0 fully saturated rings. The van der Waals surface area contributed by atoms with Crippen molar-refractivity contribution in [2.24, 2.45) is 0 Å². The predicted octanol–water partition coefficient (Wildman–Crippen LogP) is 2.58. The fourth-order valence-corrected chi connectivity index (χ4v) is 2.41. The summed E-state index contributed by atoms with van der Waals surface area (Å²) >= 11 is 0. The Bertz CT molecular complexity index is 901. The van der Waals surface area contributed by atoms with E-state index in [9.17, 15) is 9.18 Å². The van der Waals surface area contributed by atoms with Gasteiger partial charge in [-0.1, -0.05) is 18.2 Å². The number of rotatable bonds is 6. The van der Waals surface area contributed by atoms with Gasteiger partial charge in [-0.15, -0.1) is 0 Å². The van der Waals surface area contributed by atoms with E-state index in [0.29, 0.717) is 22.9 Å². The third kappa shape index (κ3) is 4.38. The molecule has 6 nitrogen and oxygen atoms in total. The molecule has 7 heteroatoms. The van der Waals surface area contributed by atoms with Crippen LogP contribution in [0, 0.1) is 5.82 Å². The summed E-state index contributed by atoms with van der Waals surface area (Å²) in [6.07, 6.45) is 3.33. The molecule has 0 bridgehead atoms. The highest BCUT2D eigenvalue weighted by molar-refractivity contribution is 5.78. The first-order valence-corrected chi connectivity index (χ1v) is 8.12. The van der Waals surface area contributed by atoms with Gasteiger partial charge in [-0.3, -0.25) is 9.78 Å². The van der Waals surface area contributed by atoms with Gasteiger partial charge in [0.1, 0.15) is 11.6 Å². The molecular formula is C19H18FN5O. The zero-order valence-electron chi connectivity index (χ0n) is 14.2. The van der Waals surface area contributed by atoms with E-state index in [4.69, 9.17) is 0 Å². The standard InChI is InChI=1S/C19H18FN5O/c1-21-17-10-15(24-19(25-17)14-6-4-8-22-11-14)12-23-18(26)9-13-5-2-3-7-16(13)20/h2-8,10-11H,9,12H2,1H3,(H,23,26)(H,21,24,25). The van der Waals surface area contributed by atoms with Crippen molar-refractivity contribution in [3.05, 3.63) is 71.9 Å². The zero-order valence-corrected chi connectivity index (χ0v) is 14.2. The van der Waals surface area contributed by atoms with Crippen molar-refractivity contribution < 1.29 is 9.18 Å². The van der Waals surface area contributed by atoms with Gasteiger partial charge in [-0.25, -0.2) is 14.4 Å². The number of pyridine rings is 1. The van der Waals surface area contributed by atoms with E-state index < -0.39 is 0 Å². The van der Waals surface area contributed by atoms with Crippen molar-refractivity contribution >= 4 is 11.7 Å². The average Bonchev–Trinajstić information content (AvgIpc) is 2.68. The Balaban J connectivity index is 1.71. The molecule has 2 aromatic heterocycles. The maximum atomic E-state index is 13.6. The van der Waals surface area contributed by atoms with E-state index in [1.54, 1.807) is 49.8 Å². The number of benzene rings is 1. The van der Waals surface area contributed by atoms with Crippen LogP contribution in [0.25, 0.3) is 11.4 Å². The molecule has 0 unspecified atom stereocenters. The number of nitrogens with one attached hydrogen (secondary N) is 2. The van der Waals surface area contributed by atoms with Crippen molar-refractivity contribution in [3.63, 3.8) is 0 Å². The molecule has 2 heterocycles. The summed E-state index contributed by atoms with van der Waals surface area (Å²) in [5.74, 6) is 0.490. The smallest absolute Gasteiger partial charge is 0.224 e. The lowest BCUT2D eigenvalue weighted by molar-refractivity contribution is -0.120. The van der Waals surface area contributed by atoms with E-state index in [0.717, 1.165) is 5.56 Å². The van der Waals surface area contributed by atoms with Gasteiger partial charge in [0.15, 0.2) is 5.82 Å². The van der Waals surface area contributed by atoms with Gasteiger partial charge in [-0.2, -0.15) is 0 Å². The molecule has 3 rings (SSSR count). The van der Waals surface area contributed by atoms with Gasteiger partial charge in [0.25, 0.3) is 0 Å². The van der Waals surface area contributed by atoms with E-state index in [1.807, 2.05) is 6.07 Å².